The molecule has 2 amide bonds. The Labute approximate surface area is 115 Å². The lowest BCUT2D eigenvalue weighted by molar-refractivity contribution is -0.145. The number of hydrogen-bond donors (Lipinski definition) is 1. The van der Waals surface area contributed by atoms with Crippen LogP contribution in [-0.2, 0) is 14.3 Å². The SMILES string of the molecule is CC(C)OCCCCN1CC(=O)NC(C(C)C)C1=O. The summed E-state index contributed by atoms with van der Waals surface area (Å²) in [4.78, 5) is 25.4. The fraction of sp³-hybridized carbons (Fsp3) is 0.857. The van der Waals surface area contributed by atoms with Gasteiger partial charge in [0.15, 0.2) is 0 Å². The summed E-state index contributed by atoms with van der Waals surface area (Å²) in [6.45, 7) is 9.44. The number of hydrogen-bond acceptors (Lipinski definition) is 3. The standard InChI is InChI=1S/C14H26N2O3/c1-10(2)13-14(18)16(9-12(17)15-13)7-5-6-8-19-11(3)4/h10-11,13H,5-9H2,1-4H3,(H,15,17). The minimum absolute atomic E-state index is 0.0411. The third kappa shape index (κ3) is 5.19. The van der Waals surface area contributed by atoms with Crippen LogP contribution in [0, 0.1) is 5.92 Å². The third-order valence-corrected chi connectivity index (χ3v) is 3.17. The van der Waals surface area contributed by atoms with Gasteiger partial charge in [-0.2, -0.15) is 0 Å². The van der Waals surface area contributed by atoms with Crippen molar-refractivity contribution in [3.05, 3.63) is 0 Å². The number of amides is 2. The first kappa shape index (κ1) is 16.0. The predicted molar refractivity (Wildman–Crippen MR) is 73.7 cm³/mol. The van der Waals surface area contributed by atoms with Gasteiger partial charge in [0, 0.05) is 13.2 Å². The topological polar surface area (TPSA) is 58.6 Å². The molecule has 0 aromatic heterocycles. The molecule has 0 spiro atoms. The van der Waals surface area contributed by atoms with E-state index >= 15 is 0 Å². The number of carbonyl (C=O) groups excluding carboxylic acids is 2. The van der Waals surface area contributed by atoms with Crippen molar-refractivity contribution in [1.29, 1.82) is 0 Å². The monoisotopic (exact) mass is 270 g/mol. The van der Waals surface area contributed by atoms with Crippen LogP contribution in [0.15, 0.2) is 0 Å². The van der Waals surface area contributed by atoms with Gasteiger partial charge in [0.05, 0.1) is 12.6 Å². The Balaban J connectivity index is 2.35. The molecule has 1 saturated heterocycles. The van der Waals surface area contributed by atoms with Crippen molar-refractivity contribution in [2.75, 3.05) is 19.7 Å². The van der Waals surface area contributed by atoms with E-state index in [0.717, 1.165) is 12.8 Å². The Bertz CT molecular complexity index is 316. The maximum absolute atomic E-state index is 12.2. The largest absolute Gasteiger partial charge is 0.379 e. The van der Waals surface area contributed by atoms with E-state index in [1.165, 1.54) is 0 Å². The van der Waals surface area contributed by atoms with Crippen LogP contribution in [0.5, 0.6) is 0 Å². The first-order valence-electron chi connectivity index (χ1n) is 7.11. The molecule has 1 aliphatic rings. The van der Waals surface area contributed by atoms with E-state index in [1.807, 2.05) is 27.7 Å². The molecule has 0 radical (unpaired) electrons. The maximum Gasteiger partial charge on any atom is 0.245 e. The van der Waals surface area contributed by atoms with Crippen LogP contribution in [0.1, 0.15) is 40.5 Å². The second kappa shape index (κ2) is 7.48. The number of nitrogens with zero attached hydrogens (tertiary/aromatic N) is 1. The number of unbranched alkanes of at least 4 members (excludes halogenated alkanes) is 1. The highest BCUT2D eigenvalue weighted by Crippen LogP contribution is 2.11. The lowest BCUT2D eigenvalue weighted by Gasteiger charge is -2.34. The molecular weight excluding hydrogens is 244 g/mol. The van der Waals surface area contributed by atoms with Gasteiger partial charge in [-0.15, -0.1) is 0 Å². The minimum Gasteiger partial charge on any atom is -0.379 e. The summed E-state index contributed by atoms with van der Waals surface area (Å²) in [6, 6.07) is -0.367. The molecule has 1 unspecified atom stereocenters. The van der Waals surface area contributed by atoms with Crippen LogP contribution in [0.4, 0.5) is 0 Å². The van der Waals surface area contributed by atoms with E-state index in [-0.39, 0.29) is 36.4 Å². The number of rotatable bonds is 7. The van der Waals surface area contributed by atoms with Gasteiger partial charge in [0.2, 0.25) is 11.8 Å². The Morgan fingerprint density at radius 3 is 2.53 bits per heavy atom. The summed E-state index contributed by atoms with van der Waals surface area (Å²) in [5.41, 5.74) is 0. The zero-order valence-electron chi connectivity index (χ0n) is 12.4. The number of ether oxygens (including phenoxy) is 1. The molecule has 19 heavy (non-hydrogen) atoms. The Morgan fingerprint density at radius 2 is 1.95 bits per heavy atom. The summed E-state index contributed by atoms with van der Waals surface area (Å²) in [6.07, 6.45) is 2.03. The van der Waals surface area contributed by atoms with E-state index in [9.17, 15) is 9.59 Å². The fourth-order valence-corrected chi connectivity index (χ4v) is 2.09. The fourth-order valence-electron chi connectivity index (χ4n) is 2.09. The molecule has 0 aliphatic carbocycles. The van der Waals surface area contributed by atoms with Crippen molar-refractivity contribution in [2.24, 2.45) is 5.92 Å². The van der Waals surface area contributed by atoms with E-state index in [1.54, 1.807) is 4.90 Å². The smallest absolute Gasteiger partial charge is 0.245 e. The Kier molecular flexibility index (Phi) is 6.28. The summed E-state index contributed by atoms with van der Waals surface area (Å²) >= 11 is 0. The normalized spacial score (nSPS) is 20.3. The van der Waals surface area contributed by atoms with Gasteiger partial charge in [-0.25, -0.2) is 0 Å². The first-order chi connectivity index (χ1) is 8.91. The van der Waals surface area contributed by atoms with E-state index in [2.05, 4.69) is 5.32 Å². The van der Waals surface area contributed by atoms with Crippen LogP contribution in [0.25, 0.3) is 0 Å². The van der Waals surface area contributed by atoms with Gasteiger partial charge in [-0.1, -0.05) is 13.8 Å². The summed E-state index contributed by atoms with van der Waals surface area (Å²) in [5.74, 6) is 0.111. The lowest BCUT2D eigenvalue weighted by Crippen LogP contribution is -2.59. The van der Waals surface area contributed by atoms with Crippen molar-refractivity contribution < 1.29 is 14.3 Å². The van der Waals surface area contributed by atoms with Crippen molar-refractivity contribution in [3.8, 4) is 0 Å². The summed E-state index contributed by atoms with van der Waals surface area (Å²) < 4.78 is 5.46. The van der Waals surface area contributed by atoms with Crippen molar-refractivity contribution in [2.45, 2.75) is 52.7 Å². The molecule has 0 aromatic rings. The maximum atomic E-state index is 12.2. The van der Waals surface area contributed by atoms with Crippen molar-refractivity contribution in [3.63, 3.8) is 0 Å². The second-order valence-corrected chi connectivity index (χ2v) is 5.68. The summed E-state index contributed by atoms with van der Waals surface area (Å²) in [5, 5.41) is 2.76. The van der Waals surface area contributed by atoms with Crippen molar-refractivity contribution in [1.82, 2.24) is 10.2 Å². The second-order valence-electron chi connectivity index (χ2n) is 5.68. The molecule has 0 aromatic carbocycles. The molecule has 1 atom stereocenters. The molecule has 110 valence electrons. The molecule has 1 N–H and O–H groups in total. The molecular formula is C14H26N2O3. The number of carbonyl (C=O) groups is 2. The number of piperazine rings is 1. The van der Waals surface area contributed by atoms with E-state index in [4.69, 9.17) is 4.74 Å². The highest BCUT2D eigenvalue weighted by molar-refractivity contribution is 5.94. The van der Waals surface area contributed by atoms with Gasteiger partial charge in [-0.3, -0.25) is 9.59 Å². The zero-order valence-corrected chi connectivity index (χ0v) is 12.4. The van der Waals surface area contributed by atoms with E-state index < -0.39 is 0 Å². The van der Waals surface area contributed by atoms with Gasteiger partial charge < -0.3 is 15.0 Å². The van der Waals surface area contributed by atoms with Crippen LogP contribution in [0.2, 0.25) is 0 Å². The molecule has 1 heterocycles. The molecule has 1 rings (SSSR count). The molecule has 0 saturated carbocycles. The quantitative estimate of drug-likeness (QED) is 0.707. The number of nitrogens with one attached hydrogen (secondary N) is 1. The zero-order chi connectivity index (χ0) is 14.4. The molecule has 5 nitrogen and oxygen atoms in total. The third-order valence-electron chi connectivity index (χ3n) is 3.17. The average Bonchev–Trinajstić information content (AvgIpc) is 2.31. The molecule has 1 fully saturated rings. The van der Waals surface area contributed by atoms with Gasteiger partial charge in [-0.05, 0) is 32.6 Å². The highest BCUT2D eigenvalue weighted by atomic mass is 16.5. The van der Waals surface area contributed by atoms with Crippen LogP contribution >= 0.6 is 0 Å². The summed E-state index contributed by atoms with van der Waals surface area (Å²) in [7, 11) is 0. The van der Waals surface area contributed by atoms with Crippen LogP contribution in [0.3, 0.4) is 0 Å². The van der Waals surface area contributed by atoms with Crippen LogP contribution in [-0.4, -0.2) is 48.6 Å². The van der Waals surface area contributed by atoms with Crippen LogP contribution < -0.4 is 5.32 Å². The van der Waals surface area contributed by atoms with Gasteiger partial charge in [0.1, 0.15) is 6.04 Å². The lowest BCUT2D eigenvalue weighted by atomic mass is 10.0. The van der Waals surface area contributed by atoms with Gasteiger partial charge >= 0.3 is 0 Å². The molecule has 0 bridgehead atoms. The Morgan fingerprint density at radius 1 is 1.26 bits per heavy atom. The Hall–Kier alpha value is -1.10. The van der Waals surface area contributed by atoms with Crippen molar-refractivity contribution >= 4 is 11.8 Å². The highest BCUT2D eigenvalue weighted by Gasteiger charge is 2.33. The predicted octanol–water partition coefficient (Wildman–Crippen LogP) is 1.17. The average molecular weight is 270 g/mol. The molecule has 5 heteroatoms. The van der Waals surface area contributed by atoms with E-state index in [0.29, 0.717) is 13.2 Å². The minimum atomic E-state index is -0.367. The first-order valence-corrected chi connectivity index (χ1v) is 7.11. The van der Waals surface area contributed by atoms with Gasteiger partial charge in [0.25, 0.3) is 0 Å². The molecule has 1 aliphatic heterocycles.